The van der Waals surface area contributed by atoms with Gasteiger partial charge in [-0.3, -0.25) is 9.35 Å². The molecule has 6 heteroatoms. The molecule has 0 radical (unpaired) electrons. The van der Waals surface area contributed by atoms with Crippen LogP contribution in [0.1, 0.15) is 21.5 Å². The lowest BCUT2D eigenvalue weighted by atomic mass is 9.98. The van der Waals surface area contributed by atoms with Gasteiger partial charge in [-0.1, -0.05) is 60.7 Å². The van der Waals surface area contributed by atoms with E-state index in [-0.39, 0.29) is 5.56 Å². The lowest BCUT2D eigenvalue weighted by molar-refractivity contribution is 0.103. The SMILES string of the molecule is NCc1ccc(-c2ccc(C(=O)c3ccccc3)c(S(=O)(=O)O)c2)cc1. The van der Waals surface area contributed by atoms with E-state index in [1.807, 2.05) is 24.3 Å². The maximum absolute atomic E-state index is 12.7. The van der Waals surface area contributed by atoms with E-state index < -0.39 is 20.8 Å². The van der Waals surface area contributed by atoms with Gasteiger partial charge in [-0.05, 0) is 28.8 Å². The summed E-state index contributed by atoms with van der Waals surface area (Å²) in [6.45, 7) is 0.404. The average molecular weight is 367 g/mol. The molecule has 0 aliphatic carbocycles. The van der Waals surface area contributed by atoms with Crippen LogP contribution in [-0.2, 0) is 16.7 Å². The highest BCUT2D eigenvalue weighted by Crippen LogP contribution is 2.27. The average Bonchev–Trinajstić information content (AvgIpc) is 2.67. The van der Waals surface area contributed by atoms with Crippen molar-refractivity contribution in [2.75, 3.05) is 0 Å². The number of ketones is 1. The number of benzene rings is 3. The minimum absolute atomic E-state index is 0.0685. The second kappa shape index (κ2) is 7.21. The van der Waals surface area contributed by atoms with Gasteiger partial charge >= 0.3 is 0 Å². The van der Waals surface area contributed by atoms with Gasteiger partial charge in [0, 0.05) is 17.7 Å². The van der Waals surface area contributed by atoms with E-state index in [2.05, 4.69) is 0 Å². The van der Waals surface area contributed by atoms with E-state index in [0.717, 1.165) is 11.1 Å². The Morgan fingerprint density at radius 2 is 1.50 bits per heavy atom. The molecule has 26 heavy (non-hydrogen) atoms. The standard InChI is InChI=1S/C20H17NO4S/c21-13-14-6-8-15(9-7-14)17-10-11-18(19(12-17)26(23,24)25)20(22)16-4-2-1-3-5-16/h1-12H,13,21H2,(H,23,24,25). The lowest BCUT2D eigenvalue weighted by Crippen LogP contribution is -2.10. The summed E-state index contributed by atoms with van der Waals surface area (Å²) in [6.07, 6.45) is 0. The third-order valence-electron chi connectivity index (χ3n) is 4.06. The Balaban J connectivity index is 2.11. The Morgan fingerprint density at radius 3 is 2.08 bits per heavy atom. The highest BCUT2D eigenvalue weighted by Gasteiger charge is 2.22. The summed E-state index contributed by atoms with van der Waals surface area (Å²) in [6, 6.07) is 20.0. The maximum Gasteiger partial charge on any atom is 0.295 e. The number of hydrogen-bond acceptors (Lipinski definition) is 4. The predicted octanol–water partition coefficient (Wildman–Crippen LogP) is 3.29. The Labute approximate surface area is 151 Å². The first-order valence-corrected chi connectivity index (χ1v) is 9.35. The van der Waals surface area contributed by atoms with Crippen LogP contribution in [0, 0.1) is 0 Å². The summed E-state index contributed by atoms with van der Waals surface area (Å²) >= 11 is 0. The smallest absolute Gasteiger partial charge is 0.295 e. The van der Waals surface area contributed by atoms with Gasteiger partial charge in [0.15, 0.2) is 5.78 Å². The Bertz CT molecular complexity index is 1040. The normalized spacial score (nSPS) is 11.3. The van der Waals surface area contributed by atoms with Crippen molar-refractivity contribution < 1.29 is 17.8 Å². The highest BCUT2D eigenvalue weighted by molar-refractivity contribution is 7.86. The fraction of sp³-hybridized carbons (Fsp3) is 0.0500. The molecule has 3 aromatic rings. The van der Waals surface area contributed by atoms with Crippen molar-refractivity contribution in [2.24, 2.45) is 5.73 Å². The van der Waals surface area contributed by atoms with E-state index >= 15 is 0 Å². The quantitative estimate of drug-likeness (QED) is 0.533. The molecule has 0 amide bonds. The minimum atomic E-state index is -4.57. The molecule has 132 valence electrons. The third kappa shape index (κ3) is 3.72. The second-order valence-corrected chi connectivity index (χ2v) is 7.17. The summed E-state index contributed by atoms with van der Waals surface area (Å²) in [5, 5.41) is 0. The van der Waals surface area contributed by atoms with Crippen LogP contribution in [0.5, 0.6) is 0 Å². The van der Waals surface area contributed by atoms with Crippen LogP contribution in [0.15, 0.2) is 77.7 Å². The highest BCUT2D eigenvalue weighted by atomic mass is 32.2. The van der Waals surface area contributed by atoms with Crippen molar-refractivity contribution in [1.82, 2.24) is 0 Å². The van der Waals surface area contributed by atoms with Gasteiger partial charge in [0.05, 0.1) is 0 Å². The molecule has 0 spiro atoms. The molecular weight excluding hydrogens is 350 g/mol. The summed E-state index contributed by atoms with van der Waals surface area (Å²) in [5.74, 6) is -0.469. The molecule has 0 unspecified atom stereocenters. The number of carbonyl (C=O) groups is 1. The van der Waals surface area contributed by atoms with E-state index in [9.17, 15) is 17.8 Å². The Kier molecular flexibility index (Phi) is 4.99. The van der Waals surface area contributed by atoms with Gasteiger partial charge in [0.2, 0.25) is 0 Å². The molecule has 3 N–H and O–H groups in total. The van der Waals surface area contributed by atoms with E-state index in [1.165, 1.54) is 12.1 Å². The van der Waals surface area contributed by atoms with Crippen LogP contribution in [0.3, 0.4) is 0 Å². The van der Waals surface area contributed by atoms with Crippen molar-refractivity contribution in [3.05, 3.63) is 89.5 Å². The van der Waals surface area contributed by atoms with Crippen LogP contribution in [0.25, 0.3) is 11.1 Å². The molecular formula is C20H17NO4S. The van der Waals surface area contributed by atoms with E-state index in [0.29, 0.717) is 17.7 Å². The van der Waals surface area contributed by atoms with Crippen molar-refractivity contribution in [3.8, 4) is 11.1 Å². The van der Waals surface area contributed by atoms with Gasteiger partial charge < -0.3 is 5.73 Å². The number of carbonyl (C=O) groups excluding carboxylic acids is 1. The van der Waals surface area contributed by atoms with Crippen LogP contribution >= 0.6 is 0 Å². The van der Waals surface area contributed by atoms with Crippen LogP contribution in [0.2, 0.25) is 0 Å². The van der Waals surface area contributed by atoms with Crippen LogP contribution in [-0.4, -0.2) is 18.8 Å². The van der Waals surface area contributed by atoms with Crippen molar-refractivity contribution in [1.29, 1.82) is 0 Å². The van der Waals surface area contributed by atoms with Crippen molar-refractivity contribution in [3.63, 3.8) is 0 Å². The molecule has 0 aliphatic heterocycles. The second-order valence-electron chi connectivity index (χ2n) is 5.78. The molecule has 0 saturated carbocycles. The van der Waals surface area contributed by atoms with Gasteiger partial charge in [0.1, 0.15) is 4.90 Å². The van der Waals surface area contributed by atoms with Crippen LogP contribution < -0.4 is 5.73 Å². The molecule has 3 aromatic carbocycles. The number of hydrogen-bond donors (Lipinski definition) is 2. The molecule has 0 bridgehead atoms. The minimum Gasteiger partial charge on any atom is -0.326 e. The third-order valence-corrected chi connectivity index (χ3v) is 4.96. The Hall–Kier alpha value is -2.80. The molecule has 0 atom stereocenters. The lowest BCUT2D eigenvalue weighted by Gasteiger charge is -2.10. The molecule has 0 fully saturated rings. The fourth-order valence-corrected chi connectivity index (χ4v) is 3.40. The molecule has 0 aliphatic rings. The zero-order chi connectivity index (χ0) is 18.7. The van der Waals surface area contributed by atoms with Crippen LogP contribution in [0.4, 0.5) is 0 Å². The number of nitrogens with two attached hydrogens (primary N) is 1. The van der Waals surface area contributed by atoms with Gasteiger partial charge in [-0.2, -0.15) is 8.42 Å². The van der Waals surface area contributed by atoms with Gasteiger partial charge in [0.25, 0.3) is 10.1 Å². The van der Waals surface area contributed by atoms with E-state index in [4.69, 9.17) is 5.73 Å². The largest absolute Gasteiger partial charge is 0.326 e. The summed E-state index contributed by atoms with van der Waals surface area (Å²) in [4.78, 5) is 12.2. The zero-order valence-electron chi connectivity index (χ0n) is 13.8. The first-order chi connectivity index (χ1) is 12.4. The molecule has 0 aromatic heterocycles. The molecule has 0 heterocycles. The maximum atomic E-state index is 12.7. The Morgan fingerprint density at radius 1 is 0.885 bits per heavy atom. The van der Waals surface area contributed by atoms with Crippen molar-refractivity contribution in [2.45, 2.75) is 11.4 Å². The summed E-state index contributed by atoms with van der Waals surface area (Å²) in [7, 11) is -4.57. The first kappa shape index (κ1) is 18.0. The van der Waals surface area contributed by atoms with Gasteiger partial charge in [-0.15, -0.1) is 0 Å². The fourth-order valence-electron chi connectivity index (χ4n) is 2.68. The predicted molar refractivity (Wildman–Crippen MR) is 99.5 cm³/mol. The first-order valence-electron chi connectivity index (χ1n) is 7.91. The van der Waals surface area contributed by atoms with Crippen molar-refractivity contribution >= 4 is 15.9 Å². The summed E-state index contributed by atoms with van der Waals surface area (Å²) < 4.78 is 33.3. The molecule has 0 saturated heterocycles. The molecule has 3 rings (SSSR count). The van der Waals surface area contributed by atoms with Gasteiger partial charge in [-0.25, -0.2) is 0 Å². The monoisotopic (exact) mass is 367 g/mol. The van der Waals surface area contributed by atoms with E-state index in [1.54, 1.807) is 36.4 Å². The topological polar surface area (TPSA) is 97.5 Å². The zero-order valence-corrected chi connectivity index (χ0v) is 14.6. The summed E-state index contributed by atoms with van der Waals surface area (Å²) in [5.41, 5.74) is 8.13. The number of rotatable bonds is 5. The molecule has 5 nitrogen and oxygen atoms in total.